The predicted octanol–water partition coefficient (Wildman–Crippen LogP) is 3.21. The molecule has 2 rings (SSSR count). The molecule has 0 aromatic heterocycles. The molecule has 1 aromatic carbocycles. The molecule has 0 heterocycles. The van der Waals surface area contributed by atoms with Gasteiger partial charge in [-0.15, -0.1) is 0 Å². The normalized spacial score (nSPS) is 17.4. The summed E-state index contributed by atoms with van der Waals surface area (Å²) in [5, 5.41) is 13.4. The lowest BCUT2D eigenvalue weighted by Crippen LogP contribution is -2.27. The van der Waals surface area contributed by atoms with Gasteiger partial charge in [0.05, 0.1) is 7.11 Å². The van der Waals surface area contributed by atoms with Gasteiger partial charge in [0.2, 0.25) is 0 Å². The standard InChI is InChI=1S/C15H23NO2/c1-18-14-9-8-12(15(17)10-14)11-16-13-6-4-2-3-5-7-13/h8-10,13,16-17H,2-7,11H2,1H3. The van der Waals surface area contributed by atoms with E-state index in [9.17, 15) is 5.11 Å². The summed E-state index contributed by atoms with van der Waals surface area (Å²) in [6, 6.07) is 6.10. The van der Waals surface area contributed by atoms with Crippen molar-refractivity contribution in [3.63, 3.8) is 0 Å². The Balaban J connectivity index is 1.88. The van der Waals surface area contributed by atoms with Crippen molar-refractivity contribution in [1.29, 1.82) is 0 Å². The third-order valence-electron chi connectivity index (χ3n) is 3.73. The molecular formula is C15H23NO2. The van der Waals surface area contributed by atoms with Crippen LogP contribution in [0.2, 0.25) is 0 Å². The Kier molecular flexibility index (Phi) is 4.88. The molecule has 0 spiro atoms. The van der Waals surface area contributed by atoms with Crippen LogP contribution in [0.3, 0.4) is 0 Å². The molecule has 1 saturated carbocycles. The van der Waals surface area contributed by atoms with E-state index < -0.39 is 0 Å². The minimum atomic E-state index is 0.315. The van der Waals surface area contributed by atoms with Gasteiger partial charge >= 0.3 is 0 Å². The predicted molar refractivity (Wildman–Crippen MR) is 73.0 cm³/mol. The van der Waals surface area contributed by atoms with Crippen LogP contribution in [-0.2, 0) is 6.54 Å². The van der Waals surface area contributed by atoms with E-state index in [-0.39, 0.29) is 0 Å². The molecule has 100 valence electrons. The fourth-order valence-corrected chi connectivity index (χ4v) is 2.56. The second-order valence-electron chi connectivity index (χ2n) is 5.06. The highest BCUT2D eigenvalue weighted by Gasteiger charge is 2.12. The lowest BCUT2D eigenvalue weighted by atomic mass is 10.1. The van der Waals surface area contributed by atoms with Crippen LogP contribution in [0.25, 0.3) is 0 Å². The zero-order valence-corrected chi connectivity index (χ0v) is 11.1. The van der Waals surface area contributed by atoms with Crippen molar-refractivity contribution in [3.05, 3.63) is 23.8 Å². The van der Waals surface area contributed by atoms with Crippen molar-refractivity contribution in [1.82, 2.24) is 5.32 Å². The van der Waals surface area contributed by atoms with Gasteiger partial charge in [-0.2, -0.15) is 0 Å². The van der Waals surface area contributed by atoms with Crippen LogP contribution in [0.1, 0.15) is 44.1 Å². The fourth-order valence-electron chi connectivity index (χ4n) is 2.56. The molecule has 0 radical (unpaired) electrons. The number of hydrogen-bond acceptors (Lipinski definition) is 3. The largest absolute Gasteiger partial charge is 0.507 e. The van der Waals surface area contributed by atoms with E-state index in [2.05, 4.69) is 5.32 Å². The monoisotopic (exact) mass is 249 g/mol. The van der Waals surface area contributed by atoms with E-state index in [1.807, 2.05) is 12.1 Å². The third kappa shape index (κ3) is 3.64. The van der Waals surface area contributed by atoms with E-state index in [0.29, 0.717) is 17.5 Å². The van der Waals surface area contributed by atoms with Gasteiger partial charge < -0.3 is 15.2 Å². The highest BCUT2D eigenvalue weighted by atomic mass is 16.5. The zero-order valence-electron chi connectivity index (χ0n) is 11.1. The molecule has 0 aliphatic heterocycles. The Morgan fingerprint density at radius 3 is 2.56 bits per heavy atom. The lowest BCUT2D eigenvalue weighted by Gasteiger charge is -2.16. The first-order valence-electron chi connectivity index (χ1n) is 6.89. The van der Waals surface area contributed by atoms with Crippen molar-refractivity contribution in [2.75, 3.05) is 7.11 Å². The summed E-state index contributed by atoms with van der Waals surface area (Å²) >= 11 is 0. The average molecular weight is 249 g/mol. The Labute approximate surface area is 109 Å². The van der Waals surface area contributed by atoms with Gasteiger partial charge in [-0.1, -0.05) is 31.7 Å². The summed E-state index contributed by atoms with van der Waals surface area (Å²) in [6.07, 6.45) is 7.91. The van der Waals surface area contributed by atoms with Gasteiger partial charge in [0.25, 0.3) is 0 Å². The molecule has 3 nitrogen and oxygen atoms in total. The van der Waals surface area contributed by atoms with Crippen molar-refractivity contribution < 1.29 is 9.84 Å². The van der Waals surface area contributed by atoms with Crippen LogP contribution < -0.4 is 10.1 Å². The minimum absolute atomic E-state index is 0.315. The highest BCUT2D eigenvalue weighted by Crippen LogP contribution is 2.24. The van der Waals surface area contributed by atoms with Crippen LogP contribution in [0.15, 0.2) is 18.2 Å². The van der Waals surface area contributed by atoms with Gasteiger partial charge in [-0.3, -0.25) is 0 Å². The maximum atomic E-state index is 9.89. The number of hydrogen-bond donors (Lipinski definition) is 2. The lowest BCUT2D eigenvalue weighted by molar-refractivity contribution is 0.403. The van der Waals surface area contributed by atoms with Gasteiger partial charge in [0, 0.05) is 24.2 Å². The number of methoxy groups -OCH3 is 1. The zero-order chi connectivity index (χ0) is 12.8. The summed E-state index contributed by atoms with van der Waals surface area (Å²) in [5.74, 6) is 1.01. The van der Waals surface area contributed by atoms with Gasteiger partial charge in [-0.05, 0) is 18.9 Å². The summed E-state index contributed by atoms with van der Waals surface area (Å²) in [4.78, 5) is 0. The Morgan fingerprint density at radius 1 is 1.22 bits per heavy atom. The molecule has 0 bridgehead atoms. The quantitative estimate of drug-likeness (QED) is 0.805. The number of phenolic OH excluding ortho intramolecular Hbond substituents is 1. The Morgan fingerprint density at radius 2 is 1.94 bits per heavy atom. The van der Waals surface area contributed by atoms with Crippen LogP contribution >= 0.6 is 0 Å². The molecule has 0 saturated heterocycles. The van der Waals surface area contributed by atoms with Gasteiger partial charge in [0.15, 0.2) is 0 Å². The summed E-state index contributed by atoms with van der Waals surface area (Å²) in [6.45, 7) is 0.737. The van der Waals surface area contributed by atoms with E-state index in [1.165, 1.54) is 38.5 Å². The second kappa shape index (κ2) is 6.64. The number of rotatable bonds is 4. The number of nitrogens with one attached hydrogen (secondary N) is 1. The molecule has 1 aliphatic carbocycles. The summed E-state index contributed by atoms with van der Waals surface area (Å²) < 4.78 is 5.08. The van der Waals surface area contributed by atoms with Gasteiger partial charge in [0.1, 0.15) is 11.5 Å². The molecule has 0 atom stereocenters. The molecule has 1 aromatic rings. The van der Waals surface area contributed by atoms with E-state index in [0.717, 1.165) is 12.1 Å². The molecule has 18 heavy (non-hydrogen) atoms. The van der Waals surface area contributed by atoms with E-state index in [1.54, 1.807) is 13.2 Å². The van der Waals surface area contributed by atoms with Crippen molar-refractivity contribution in [3.8, 4) is 11.5 Å². The van der Waals surface area contributed by atoms with Crippen LogP contribution in [0, 0.1) is 0 Å². The maximum Gasteiger partial charge on any atom is 0.123 e. The van der Waals surface area contributed by atoms with Crippen LogP contribution in [0.4, 0.5) is 0 Å². The molecule has 2 N–H and O–H groups in total. The number of benzene rings is 1. The minimum Gasteiger partial charge on any atom is -0.507 e. The number of ether oxygens (including phenoxy) is 1. The maximum absolute atomic E-state index is 9.89. The first-order valence-corrected chi connectivity index (χ1v) is 6.89. The highest BCUT2D eigenvalue weighted by molar-refractivity contribution is 5.39. The van der Waals surface area contributed by atoms with Crippen LogP contribution in [-0.4, -0.2) is 18.3 Å². The molecule has 1 fully saturated rings. The molecule has 0 unspecified atom stereocenters. The molecule has 3 heteroatoms. The summed E-state index contributed by atoms with van der Waals surface area (Å²) in [7, 11) is 1.61. The van der Waals surface area contributed by atoms with Crippen molar-refractivity contribution in [2.24, 2.45) is 0 Å². The van der Waals surface area contributed by atoms with Crippen LogP contribution in [0.5, 0.6) is 11.5 Å². The third-order valence-corrected chi connectivity index (χ3v) is 3.73. The molecular weight excluding hydrogens is 226 g/mol. The summed E-state index contributed by atoms with van der Waals surface area (Å²) in [5.41, 5.74) is 0.944. The molecule has 1 aliphatic rings. The SMILES string of the molecule is COc1ccc(CNC2CCCCCC2)c(O)c1. The Hall–Kier alpha value is -1.22. The smallest absolute Gasteiger partial charge is 0.123 e. The molecule has 0 amide bonds. The first kappa shape index (κ1) is 13.2. The number of phenols is 1. The van der Waals surface area contributed by atoms with Crippen molar-refractivity contribution >= 4 is 0 Å². The number of aromatic hydroxyl groups is 1. The van der Waals surface area contributed by atoms with Crippen molar-refractivity contribution in [2.45, 2.75) is 51.1 Å². The fraction of sp³-hybridized carbons (Fsp3) is 0.600. The Bertz CT molecular complexity index is 371. The van der Waals surface area contributed by atoms with Gasteiger partial charge in [-0.25, -0.2) is 0 Å². The average Bonchev–Trinajstić information content (AvgIpc) is 2.66. The van der Waals surface area contributed by atoms with E-state index >= 15 is 0 Å². The second-order valence-corrected chi connectivity index (χ2v) is 5.06. The topological polar surface area (TPSA) is 41.5 Å². The van der Waals surface area contributed by atoms with E-state index in [4.69, 9.17) is 4.74 Å². The first-order chi connectivity index (χ1) is 8.79.